The molecule has 0 N–H and O–H groups in total. The number of carbonyl (C=O) groups is 1. The Morgan fingerprint density at radius 3 is 2.80 bits per heavy atom. The van der Waals surface area contributed by atoms with Crippen LogP contribution in [-0.2, 0) is 16.1 Å². The van der Waals surface area contributed by atoms with E-state index < -0.39 is 11.8 Å². The molecule has 25 heavy (non-hydrogen) atoms. The summed E-state index contributed by atoms with van der Waals surface area (Å²) in [5.74, 6) is -0.369. The molecule has 0 saturated carbocycles. The highest BCUT2D eigenvalue weighted by Crippen LogP contribution is 2.26. The summed E-state index contributed by atoms with van der Waals surface area (Å²) in [7, 11) is 0. The molecule has 128 valence electrons. The molecule has 0 spiro atoms. The molecule has 6 nitrogen and oxygen atoms in total. The van der Waals surface area contributed by atoms with Crippen LogP contribution in [0, 0.1) is 5.82 Å². The van der Waals surface area contributed by atoms with E-state index in [0.717, 1.165) is 10.0 Å². The first-order valence-corrected chi connectivity index (χ1v) is 8.02. The molecule has 0 fully saturated rings. The zero-order valence-corrected chi connectivity index (χ0v) is 14.4. The van der Waals surface area contributed by atoms with Crippen molar-refractivity contribution in [3.05, 3.63) is 64.7 Å². The zero-order valence-electron chi connectivity index (χ0n) is 12.8. The quantitative estimate of drug-likeness (QED) is 0.580. The highest BCUT2D eigenvalue weighted by Gasteiger charge is 2.13. The third-order valence-electron chi connectivity index (χ3n) is 3.08. The van der Waals surface area contributed by atoms with Gasteiger partial charge in [0, 0.05) is 10.5 Å². The standard InChI is InChI=1S/C17H12BrFN2O4/c18-14-7-2-1-6-13(14)17-21-20-15(25-17)9-24-16(22)10-23-12-5-3-4-11(19)8-12/h1-8H,9-10H2. The van der Waals surface area contributed by atoms with Gasteiger partial charge in [-0.15, -0.1) is 10.2 Å². The summed E-state index contributed by atoms with van der Waals surface area (Å²) in [5.41, 5.74) is 0.738. The summed E-state index contributed by atoms with van der Waals surface area (Å²) in [6.45, 7) is -0.530. The predicted octanol–water partition coefficient (Wildman–Crippen LogP) is 3.76. The molecular weight excluding hydrogens is 395 g/mol. The maximum absolute atomic E-state index is 13.0. The molecule has 0 aliphatic carbocycles. The lowest BCUT2D eigenvalue weighted by Crippen LogP contribution is -2.14. The van der Waals surface area contributed by atoms with Gasteiger partial charge in [-0.3, -0.25) is 0 Å². The van der Waals surface area contributed by atoms with E-state index in [-0.39, 0.29) is 24.9 Å². The van der Waals surface area contributed by atoms with Crippen molar-refractivity contribution >= 4 is 21.9 Å². The summed E-state index contributed by atoms with van der Waals surface area (Å²) in [6.07, 6.45) is 0. The van der Waals surface area contributed by atoms with Gasteiger partial charge in [0.2, 0.25) is 5.89 Å². The highest BCUT2D eigenvalue weighted by atomic mass is 79.9. The van der Waals surface area contributed by atoms with Gasteiger partial charge >= 0.3 is 5.97 Å². The lowest BCUT2D eigenvalue weighted by molar-refractivity contribution is -0.148. The second-order valence-corrected chi connectivity index (χ2v) is 5.74. The van der Waals surface area contributed by atoms with Crippen LogP contribution in [0.15, 0.2) is 57.4 Å². The third-order valence-corrected chi connectivity index (χ3v) is 3.77. The number of hydrogen-bond donors (Lipinski definition) is 0. The summed E-state index contributed by atoms with van der Waals surface area (Å²) in [4.78, 5) is 11.7. The molecule has 2 aromatic carbocycles. The minimum atomic E-state index is -0.634. The average molecular weight is 407 g/mol. The van der Waals surface area contributed by atoms with Gasteiger partial charge in [-0.1, -0.05) is 18.2 Å². The molecule has 0 aliphatic heterocycles. The van der Waals surface area contributed by atoms with Crippen LogP contribution in [0.4, 0.5) is 4.39 Å². The van der Waals surface area contributed by atoms with E-state index in [2.05, 4.69) is 26.1 Å². The predicted molar refractivity (Wildman–Crippen MR) is 89.1 cm³/mol. The fourth-order valence-corrected chi connectivity index (χ4v) is 2.39. The van der Waals surface area contributed by atoms with Gasteiger partial charge in [-0.25, -0.2) is 9.18 Å². The van der Waals surface area contributed by atoms with Gasteiger partial charge in [0.05, 0.1) is 5.56 Å². The molecule has 0 bridgehead atoms. The number of hydrogen-bond acceptors (Lipinski definition) is 6. The van der Waals surface area contributed by atoms with E-state index in [1.165, 1.54) is 18.2 Å². The van der Waals surface area contributed by atoms with E-state index >= 15 is 0 Å². The van der Waals surface area contributed by atoms with Crippen molar-refractivity contribution in [2.75, 3.05) is 6.61 Å². The molecule has 0 radical (unpaired) electrons. The van der Waals surface area contributed by atoms with Gasteiger partial charge in [0.15, 0.2) is 13.2 Å². The van der Waals surface area contributed by atoms with E-state index in [0.29, 0.717) is 5.89 Å². The van der Waals surface area contributed by atoms with Gasteiger partial charge < -0.3 is 13.9 Å². The Bertz CT molecular complexity index is 884. The van der Waals surface area contributed by atoms with Gasteiger partial charge in [0.25, 0.3) is 5.89 Å². The van der Waals surface area contributed by atoms with E-state index in [1.54, 1.807) is 6.07 Å². The molecule has 0 atom stereocenters. The maximum Gasteiger partial charge on any atom is 0.344 e. The molecule has 1 heterocycles. The Hall–Kier alpha value is -2.74. The van der Waals surface area contributed by atoms with Crippen molar-refractivity contribution in [2.24, 2.45) is 0 Å². The Morgan fingerprint density at radius 1 is 1.16 bits per heavy atom. The number of rotatable bonds is 6. The van der Waals surface area contributed by atoms with Crippen molar-refractivity contribution in [1.29, 1.82) is 0 Å². The van der Waals surface area contributed by atoms with Crippen molar-refractivity contribution in [3.63, 3.8) is 0 Å². The molecule has 3 aromatic rings. The minimum absolute atomic E-state index is 0.157. The van der Waals surface area contributed by atoms with Gasteiger partial charge in [0.1, 0.15) is 11.6 Å². The van der Waals surface area contributed by atoms with Crippen LogP contribution in [0.5, 0.6) is 5.75 Å². The Morgan fingerprint density at radius 2 is 2.00 bits per heavy atom. The summed E-state index contributed by atoms with van der Waals surface area (Å²) in [6, 6.07) is 12.9. The van der Waals surface area contributed by atoms with Crippen molar-refractivity contribution in [2.45, 2.75) is 6.61 Å². The third kappa shape index (κ3) is 4.63. The first-order chi connectivity index (χ1) is 12.1. The fraction of sp³-hybridized carbons (Fsp3) is 0.118. The molecule has 1 aromatic heterocycles. The van der Waals surface area contributed by atoms with Crippen LogP contribution in [-0.4, -0.2) is 22.8 Å². The summed E-state index contributed by atoms with van der Waals surface area (Å²) in [5, 5.41) is 7.75. The second-order valence-electron chi connectivity index (χ2n) is 4.89. The molecular formula is C17H12BrFN2O4. The number of halogens is 2. The van der Waals surface area contributed by atoms with Crippen LogP contribution >= 0.6 is 15.9 Å². The number of aromatic nitrogens is 2. The van der Waals surface area contributed by atoms with E-state index in [1.807, 2.05) is 24.3 Å². The van der Waals surface area contributed by atoms with Crippen LogP contribution in [0.1, 0.15) is 5.89 Å². The zero-order chi connectivity index (χ0) is 17.6. The number of nitrogens with zero attached hydrogens (tertiary/aromatic N) is 2. The Labute approximate surface area is 150 Å². The van der Waals surface area contributed by atoms with Crippen LogP contribution < -0.4 is 4.74 Å². The van der Waals surface area contributed by atoms with Gasteiger partial charge in [-0.05, 0) is 40.2 Å². The lowest BCUT2D eigenvalue weighted by Gasteiger charge is -2.05. The SMILES string of the molecule is O=C(COc1cccc(F)c1)OCc1nnc(-c2ccccc2Br)o1. The molecule has 0 saturated heterocycles. The second kappa shape index (κ2) is 7.89. The topological polar surface area (TPSA) is 74.5 Å². The molecule has 3 rings (SSSR count). The summed E-state index contributed by atoms with van der Waals surface area (Å²) >= 11 is 3.40. The van der Waals surface area contributed by atoms with Crippen LogP contribution in [0.3, 0.4) is 0 Å². The first kappa shape index (κ1) is 17.1. The van der Waals surface area contributed by atoms with Crippen LogP contribution in [0.25, 0.3) is 11.5 Å². The van der Waals surface area contributed by atoms with Crippen molar-refractivity contribution in [1.82, 2.24) is 10.2 Å². The molecule has 0 aliphatic rings. The largest absolute Gasteiger partial charge is 0.482 e. The minimum Gasteiger partial charge on any atom is -0.482 e. The van der Waals surface area contributed by atoms with E-state index in [9.17, 15) is 9.18 Å². The number of benzene rings is 2. The average Bonchev–Trinajstić information content (AvgIpc) is 3.07. The summed E-state index contributed by atoms with van der Waals surface area (Å²) < 4.78 is 29.4. The molecule has 8 heteroatoms. The first-order valence-electron chi connectivity index (χ1n) is 7.23. The lowest BCUT2D eigenvalue weighted by atomic mass is 10.2. The Kier molecular flexibility index (Phi) is 5.39. The van der Waals surface area contributed by atoms with Crippen molar-refractivity contribution in [3.8, 4) is 17.2 Å². The fourth-order valence-electron chi connectivity index (χ4n) is 1.94. The number of esters is 1. The van der Waals surface area contributed by atoms with E-state index in [4.69, 9.17) is 13.9 Å². The molecule has 0 amide bonds. The molecule has 0 unspecified atom stereocenters. The normalized spacial score (nSPS) is 10.5. The highest BCUT2D eigenvalue weighted by molar-refractivity contribution is 9.10. The number of ether oxygens (including phenoxy) is 2. The van der Waals surface area contributed by atoms with Crippen molar-refractivity contribution < 1.29 is 23.1 Å². The van der Waals surface area contributed by atoms with Crippen LogP contribution in [0.2, 0.25) is 0 Å². The van der Waals surface area contributed by atoms with Gasteiger partial charge in [-0.2, -0.15) is 0 Å². The smallest absolute Gasteiger partial charge is 0.344 e. The Balaban J connectivity index is 1.52. The number of carbonyl (C=O) groups excluding carboxylic acids is 1. The maximum atomic E-state index is 13.0. The monoisotopic (exact) mass is 406 g/mol.